The molecule has 1 aromatic heterocycles. The van der Waals surface area contributed by atoms with Gasteiger partial charge in [0.25, 0.3) is 5.76 Å². The van der Waals surface area contributed by atoms with Crippen molar-refractivity contribution in [2.45, 2.75) is 35.6 Å². The highest BCUT2D eigenvalue weighted by atomic mass is 32.2. The lowest BCUT2D eigenvalue weighted by Crippen LogP contribution is -2.14. The predicted molar refractivity (Wildman–Crippen MR) is 111 cm³/mol. The van der Waals surface area contributed by atoms with Crippen LogP contribution in [0, 0.1) is 0 Å². The van der Waals surface area contributed by atoms with Gasteiger partial charge in [0, 0.05) is 10.6 Å². The summed E-state index contributed by atoms with van der Waals surface area (Å²) in [6.45, 7) is 4.24. The third-order valence-corrected chi connectivity index (χ3v) is 5.58. The quantitative estimate of drug-likeness (QED) is 0.511. The van der Waals surface area contributed by atoms with Crippen molar-refractivity contribution in [1.82, 2.24) is 20.2 Å². The predicted octanol–water partition coefficient (Wildman–Crippen LogP) is 4.83. The number of aromatic nitrogens is 4. The van der Waals surface area contributed by atoms with E-state index in [1.165, 1.54) is 17.3 Å². The maximum Gasteiger partial charge on any atom is 0.288 e. The highest BCUT2D eigenvalue weighted by molar-refractivity contribution is 8.00. The molecular weight excluding hydrogens is 416 g/mol. The summed E-state index contributed by atoms with van der Waals surface area (Å²) >= 11 is 1.67. The molecule has 3 aromatic rings. The average Bonchev–Trinajstić information content (AvgIpc) is 3.16. The summed E-state index contributed by atoms with van der Waals surface area (Å²) < 4.78 is 26.3. The maximum atomic E-state index is 12.3. The second kappa shape index (κ2) is 9.84. The molecule has 10 heteroatoms. The summed E-state index contributed by atoms with van der Waals surface area (Å²) in [7, 11) is 0. The Bertz CT molecular complexity index is 946. The number of anilines is 1. The summed E-state index contributed by atoms with van der Waals surface area (Å²) in [5.41, 5.74) is 2.57. The number of benzene rings is 2. The number of tetrazole rings is 1. The van der Waals surface area contributed by atoms with Gasteiger partial charge in [-0.2, -0.15) is 13.5 Å². The first-order chi connectivity index (χ1) is 13.9. The van der Waals surface area contributed by atoms with E-state index in [0.717, 1.165) is 5.69 Å². The van der Waals surface area contributed by atoms with Crippen LogP contribution in [0.3, 0.4) is 0 Å². The van der Waals surface area contributed by atoms with Crippen molar-refractivity contribution < 1.29 is 13.6 Å². The smallest absolute Gasteiger partial charge is 0.288 e. The number of nitrogens with zero attached hydrogens (tertiary/aromatic N) is 4. The van der Waals surface area contributed by atoms with E-state index in [2.05, 4.69) is 34.7 Å². The van der Waals surface area contributed by atoms with Crippen LogP contribution >= 0.6 is 23.5 Å². The van der Waals surface area contributed by atoms with Crippen LogP contribution in [0.15, 0.2) is 58.6 Å². The molecule has 0 bridgehead atoms. The van der Waals surface area contributed by atoms with Gasteiger partial charge in [-0.1, -0.05) is 49.5 Å². The minimum atomic E-state index is -2.47. The minimum Gasteiger partial charge on any atom is -0.325 e. The van der Waals surface area contributed by atoms with E-state index in [0.29, 0.717) is 33.4 Å². The van der Waals surface area contributed by atoms with Gasteiger partial charge in [-0.05, 0) is 58.3 Å². The van der Waals surface area contributed by atoms with Gasteiger partial charge >= 0.3 is 0 Å². The summed E-state index contributed by atoms with van der Waals surface area (Å²) in [6, 6.07) is 14.2. The Morgan fingerprint density at radius 1 is 1.10 bits per heavy atom. The summed E-state index contributed by atoms with van der Waals surface area (Å²) in [4.78, 5) is 12.6. The van der Waals surface area contributed by atoms with E-state index in [1.54, 1.807) is 28.9 Å². The second-order valence-electron chi connectivity index (χ2n) is 6.36. The van der Waals surface area contributed by atoms with Crippen LogP contribution in [0.1, 0.15) is 25.3 Å². The fourth-order valence-electron chi connectivity index (χ4n) is 2.48. The molecule has 0 saturated heterocycles. The zero-order valence-electron chi connectivity index (χ0n) is 15.8. The highest BCUT2D eigenvalue weighted by Crippen LogP contribution is 2.26. The number of amides is 1. The first-order valence-electron chi connectivity index (χ1n) is 8.78. The highest BCUT2D eigenvalue weighted by Gasteiger charge is 2.12. The van der Waals surface area contributed by atoms with Gasteiger partial charge in [0.1, 0.15) is 0 Å². The van der Waals surface area contributed by atoms with Crippen LogP contribution in [0.5, 0.6) is 0 Å². The number of alkyl halides is 2. The number of rotatable bonds is 8. The number of thioether (sulfide) groups is 2. The number of hydrogen-bond donors (Lipinski definition) is 1. The van der Waals surface area contributed by atoms with E-state index in [1.807, 2.05) is 24.3 Å². The normalized spacial score (nSPS) is 11.2. The molecule has 6 nitrogen and oxygen atoms in total. The van der Waals surface area contributed by atoms with Gasteiger partial charge < -0.3 is 5.32 Å². The SMILES string of the molecule is CC(C)c1ccc(-n2nnnc2SCC(=O)Nc2ccc(SC(F)F)cc2)cc1. The van der Waals surface area contributed by atoms with Gasteiger partial charge in [0.2, 0.25) is 11.1 Å². The van der Waals surface area contributed by atoms with E-state index >= 15 is 0 Å². The molecule has 2 aromatic carbocycles. The molecule has 0 fully saturated rings. The molecule has 3 rings (SSSR count). The van der Waals surface area contributed by atoms with Gasteiger partial charge in [-0.25, -0.2) is 0 Å². The Hall–Kier alpha value is -2.46. The third kappa shape index (κ3) is 6.01. The lowest BCUT2D eigenvalue weighted by Gasteiger charge is -2.08. The average molecular weight is 436 g/mol. The molecule has 0 atom stereocenters. The topological polar surface area (TPSA) is 72.7 Å². The molecule has 0 aliphatic heterocycles. The molecule has 0 saturated carbocycles. The van der Waals surface area contributed by atoms with Gasteiger partial charge in [-0.3, -0.25) is 4.79 Å². The largest absolute Gasteiger partial charge is 0.325 e. The van der Waals surface area contributed by atoms with Crippen molar-refractivity contribution in [2.24, 2.45) is 0 Å². The Morgan fingerprint density at radius 2 is 1.79 bits per heavy atom. The molecule has 0 unspecified atom stereocenters. The molecule has 1 N–H and O–H groups in total. The first-order valence-corrected chi connectivity index (χ1v) is 10.6. The van der Waals surface area contributed by atoms with Crippen molar-refractivity contribution in [3.8, 4) is 5.69 Å². The van der Waals surface area contributed by atoms with Crippen molar-refractivity contribution in [3.63, 3.8) is 0 Å². The molecule has 152 valence electrons. The zero-order valence-corrected chi connectivity index (χ0v) is 17.4. The molecule has 0 spiro atoms. The fourth-order valence-corrected chi connectivity index (χ4v) is 3.67. The van der Waals surface area contributed by atoms with Crippen LogP contribution in [-0.4, -0.2) is 37.6 Å². The van der Waals surface area contributed by atoms with Crippen molar-refractivity contribution in [1.29, 1.82) is 0 Å². The lowest BCUT2D eigenvalue weighted by molar-refractivity contribution is -0.113. The Labute approximate surface area is 175 Å². The standard InChI is InChI=1S/C19H19F2N5OS2/c1-12(2)13-3-7-15(8-4-13)26-19(23-24-25-26)28-11-17(27)22-14-5-9-16(10-6-14)29-18(20)21/h3-10,12,18H,11H2,1-2H3,(H,22,27). The Balaban J connectivity index is 1.58. The van der Waals surface area contributed by atoms with Gasteiger partial charge in [0.05, 0.1) is 11.4 Å². The summed E-state index contributed by atoms with van der Waals surface area (Å²) in [5, 5.41) is 14.9. The number of hydrogen-bond acceptors (Lipinski definition) is 6. The molecular formula is C19H19F2N5OS2. The van der Waals surface area contributed by atoms with Crippen LogP contribution in [0.4, 0.5) is 14.5 Å². The first kappa shape index (κ1) is 21.3. The lowest BCUT2D eigenvalue weighted by atomic mass is 10.0. The Morgan fingerprint density at radius 3 is 2.41 bits per heavy atom. The third-order valence-electron chi connectivity index (χ3n) is 3.94. The number of carbonyl (C=O) groups is 1. The van der Waals surface area contributed by atoms with Crippen LogP contribution in [0.25, 0.3) is 5.69 Å². The molecule has 0 aliphatic rings. The summed E-state index contributed by atoms with van der Waals surface area (Å²) in [6.07, 6.45) is 0. The van der Waals surface area contributed by atoms with E-state index in [9.17, 15) is 13.6 Å². The van der Waals surface area contributed by atoms with E-state index in [4.69, 9.17) is 0 Å². The molecule has 1 amide bonds. The summed E-state index contributed by atoms with van der Waals surface area (Å²) in [5.74, 6) is -2.18. The monoisotopic (exact) mass is 435 g/mol. The number of halogens is 2. The van der Waals surface area contributed by atoms with Crippen molar-refractivity contribution in [3.05, 3.63) is 54.1 Å². The maximum absolute atomic E-state index is 12.3. The van der Waals surface area contributed by atoms with Crippen LogP contribution < -0.4 is 5.32 Å². The molecule has 29 heavy (non-hydrogen) atoms. The van der Waals surface area contributed by atoms with Crippen molar-refractivity contribution >= 4 is 35.1 Å². The number of carbonyl (C=O) groups excluding carboxylic acids is 1. The van der Waals surface area contributed by atoms with E-state index in [-0.39, 0.29) is 11.7 Å². The second-order valence-corrected chi connectivity index (χ2v) is 8.37. The van der Waals surface area contributed by atoms with E-state index < -0.39 is 5.76 Å². The van der Waals surface area contributed by atoms with Crippen molar-refractivity contribution in [2.75, 3.05) is 11.1 Å². The molecule has 1 heterocycles. The minimum absolute atomic E-state index is 0.109. The fraction of sp³-hybridized carbons (Fsp3) is 0.263. The van der Waals surface area contributed by atoms with Gasteiger partial charge in [-0.15, -0.1) is 5.10 Å². The molecule has 0 radical (unpaired) electrons. The Kier molecular flexibility index (Phi) is 7.21. The van der Waals surface area contributed by atoms with Crippen LogP contribution in [0.2, 0.25) is 0 Å². The van der Waals surface area contributed by atoms with Gasteiger partial charge in [0.15, 0.2) is 0 Å². The van der Waals surface area contributed by atoms with Crippen LogP contribution in [-0.2, 0) is 4.79 Å². The molecule has 0 aliphatic carbocycles. The zero-order chi connectivity index (χ0) is 20.8. The number of nitrogens with one attached hydrogen (secondary N) is 1.